The third-order valence-electron chi connectivity index (χ3n) is 4.03. The molecule has 4 nitrogen and oxygen atoms in total. The Morgan fingerprint density at radius 1 is 1.24 bits per heavy atom. The number of nitrogens with zero attached hydrogens (tertiary/aromatic N) is 2. The molecule has 1 fully saturated rings. The highest BCUT2D eigenvalue weighted by Gasteiger charge is 2.15. The van der Waals surface area contributed by atoms with Crippen molar-refractivity contribution in [2.24, 2.45) is 0 Å². The van der Waals surface area contributed by atoms with Crippen molar-refractivity contribution >= 4 is 5.91 Å². The largest absolute Gasteiger partial charge is 0.379 e. The summed E-state index contributed by atoms with van der Waals surface area (Å²) < 4.78 is 5.33. The van der Waals surface area contributed by atoms with E-state index in [1.807, 2.05) is 31.3 Å². The van der Waals surface area contributed by atoms with Crippen LogP contribution in [0.25, 0.3) is 0 Å². The molecule has 1 heterocycles. The monoisotopic (exact) mass is 290 g/mol. The van der Waals surface area contributed by atoms with E-state index in [4.69, 9.17) is 4.74 Å². The van der Waals surface area contributed by atoms with Crippen LogP contribution in [-0.2, 0) is 4.74 Å². The molecule has 21 heavy (non-hydrogen) atoms. The van der Waals surface area contributed by atoms with Crippen molar-refractivity contribution in [2.75, 3.05) is 46.4 Å². The van der Waals surface area contributed by atoms with E-state index in [-0.39, 0.29) is 5.91 Å². The van der Waals surface area contributed by atoms with Crippen LogP contribution in [0.5, 0.6) is 0 Å². The quantitative estimate of drug-likeness (QED) is 0.833. The fraction of sp³-hybridized carbons (Fsp3) is 0.588. The predicted molar refractivity (Wildman–Crippen MR) is 84.8 cm³/mol. The Labute approximate surface area is 127 Å². The highest BCUT2D eigenvalue weighted by Crippen LogP contribution is 2.15. The summed E-state index contributed by atoms with van der Waals surface area (Å²) in [6.07, 6.45) is 0. The summed E-state index contributed by atoms with van der Waals surface area (Å²) >= 11 is 0. The van der Waals surface area contributed by atoms with Gasteiger partial charge < -0.3 is 9.64 Å². The van der Waals surface area contributed by atoms with E-state index in [0.717, 1.165) is 45.0 Å². The zero-order valence-corrected chi connectivity index (χ0v) is 13.3. The van der Waals surface area contributed by atoms with E-state index in [0.29, 0.717) is 5.92 Å². The lowest BCUT2D eigenvalue weighted by molar-refractivity contribution is 0.0338. The zero-order valence-electron chi connectivity index (χ0n) is 13.3. The van der Waals surface area contributed by atoms with Crippen molar-refractivity contribution < 1.29 is 9.53 Å². The van der Waals surface area contributed by atoms with E-state index in [1.54, 1.807) is 4.90 Å². The molecule has 0 saturated carbocycles. The van der Waals surface area contributed by atoms with Gasteiger partial charge in [-0.3, -0.25) is 9.69 Å². The number of ether oxygens (including phenoxy) is 1. The molecular weight excluding hydrogens is 264 g/mol. The van der Waals surface area contributed by atoms with Crippen molar-refractivity contribution in [3.8, 4) is 0 Å². The molecule has 1 aromatic rings. The van der Waals surface area contributed by atoms with Crippen molar-refractivity contribution in [1.29, 1.82) is 0 Å². The molecule has 1 amide bonds. The lowest BCUT2D eigenvalue weighted by Crippen LogP contribution is -2.41. The first-order valence-corrected chi connectivity index (χ1v) is 7.73. The summed E-state index contributed by atoms with van der Waals surface area (Å²) in [5.41, 5.74) is 2.03. The van der Waals surface area contributed by atoms with Gasteiger partial charge in [-0.25, -0.2) is 0 Å². The Morgan fingerprint density at radius 2 is 1.86 bits per heavy atom. The van der Waals surface area contributed by atoms with Crippen LogP contribution in [0.3, 0.4) is 0 Å². The van der Waals surface area contributed by atoms with Gasteiger partial charge in [0.1, 0.15) is 0 Å². The second-order valence-electron chi connectivity index (χ2n) is 5.96. The number of benzene rings is 1. The number of carbonyl (C=O) groups is 1. The van der Waals surface area contributed by atoms with Crippen molar-refractivity contribution in [2.45, 2.75) is 19.8 Å². The van der Waals surface area contributed by atoms with Gasteiger partial charge in [0, 0.05) is 38.8 Å². The lowest BCUT2D eigenvalue weighted by atomic mass is 10.0. The SMILES string of the molecule is CC(C)c1ccc(C(=O)N(C)CCN2CCOCC2)cc1. The first-order valence-electron chi connectivity index (χ1n) is 7.73. The molecule has 0 aromatic heterocycles. The maximum absolute atomic E-state index is 12.4. The minimum Gasteiger partial charge on any atom is -0.379 e. The molecule has 116 valence electrons. The maximum atomic E-state index is 12.4. The maximum Gasteiger partial charge on any atom is 0.253 e. The van der Waals surface area contributed by atoms with E-state index in [9.17, 15) is 4.79 Å². The minimum atomic E-state index is 0.0959. The van der Waals surface area contributed by atoms with Gasteiger partial charge in [0.15, 0.2) is 0 Å². The lowest BCUT2D eigenvalue weighted by Gasteiger charge is -2.28. The standard InChI is InChI=1S/C17H26N2O2/c1-14(2)15-4-6-16(7-5-15)17(20)18(3)8-9-19-10-12-21-13-11-19/h4-7,14H,8-13H2,1-3H3. The topological polar surface area (TPSA) is 32.8 Å². The summed E-state index contributed by atoms with van der Waals surface area (Å²) in [6.45, 7) is 9.51. The molecule has 0 atom stereocenters. The molecule has 4 heteroatoms. The second-order valence-corrected chi connectivity index (χ2v) is 5.96. The fourth-order valence-corrected chi connectivity index (χ4v) is 2.45. The first-order chi connectivity index (χ1) is 10.1. The van der Waals surface area contributed by atoms with Crippen LogP contribution in [0, 0.1) is 0 Å². The number of carbonyl (C=O) groups excluding carboxylic acids is 1. The Bertz CT molecular complexity index is 450. The van der Waals surface area contributed by atoms with Crippen LogP contribution >= 0.6 is 0 Å². The van der Waals surface area contributed by atoms with Gasteiger partial charge >= 0.3 is 0 Å². The Balaban J connectivity index is 1.86. The fourth-order valence-electron chi connectivity index (χ4n) is 2.45. The molecule has 0 unspecified atom stereocenters. The van der Waals surface area contributed by atoms with Gasteiger partial charge in [-0.15, -0.1) is 0 Å². The number of morpholine rings is 1. The average Bonchev–Trinajstić information content (AvgIpc) is 2.53. The minimum absolute atomic E-state index is 0.0959. The molecule has 1 aliphatic heterocycles. The molecule has 2 rings (SSSR count). The summed E-state index contributed by atoms with van der Waals surface area (Å²) in [5, 5.41) is 0. The van der Waals surface area contributed by atoms with Gasteiger partial charge in [0.05, 0.1) is 13.2 Å². The third-order valence-corrected chi connectivity index (χ3v) is 4.03. The number of hydrogen-bond donors (Lipinski definition) is 0. The highest BCUT2D eigenvalue weighted by atomic mass is 16.5. The molecule has 0 bridgehead atoms. The van der Waals surface area contributed by atoms with Gasteiger partial charge in [-0.05, 0) is 23.6 Å². The molecule has 1 saturated heterocycles. The Morgan fingerprint density at radius 3 is 2.43 bits per heavy atom. The molecule has 1 aromatic carbocycles. The molecule has 0 N–H and O–H groups in total. The van der Waals surface area contributed by atoms with E-state index < -0.39 is 0 Å². The Kier molecular flexibility index (Phi) is 5.76. The summed E-state index contributed by atoms with van der Waals surface area (Å²) in [5.74, 6) is 0.590. The van der Waals surface area contributed by atoms with E-state index >= 15 is 0 Å². The van der Waals surface area contributed by atoms with Gasteiger partial charge in [0.2, 0.25) is 0 Å². The molecular formula is C17H26N2O2. The first kappa shape index (κ1) is 16.0. The van der Waals surface area contributed by atoms with Crippen LogP contribution in [-0.4, -0.2) is 62.1 Å². The van der Waals surface area contributed by atoms with E-state index in [2.05, 4.69) is 18.7 Å². The highest BCUT2D eigenvalue weighted by molar-refractivity contribution is 5.94. The average molecular weight is 290 g/mol. The van der Waals surface area contributed by atoms with Crippen molar-refractivity contribution in [3.05, 3.63) is 35.4 Å². The molecule has 0 radical (unpaired) electrons. The van der Waals surface area contributed by atoms with Crippen LogP contribution < -0.4 is 0 Å². The van der Waals surface area contributed by atoms with Crippen LogP contribution in [0.2, 0.25) is 0 Å². The van der Waals surface area contributed by atoms with Gasteiger partial charge in [-0.1, -0.05) is 26.0 Å². The predicted octanol–water partition coefficient (Wildman–Crippen LogP) is 2.21. The molecule has 1 aliphatic rings. The number of amides is 1. The zero-order chi connectivity index (χ0) is 15.2. The van der Waals surface area contributed by atoms with Gasteiger partial charge in [0.25, 0.3) is 5.91 Å². The number of hydrogen-bond acceptors (Lipinski definition) is 3. The molecule has 0 aliphatic carbocycles. The van der Waals surface area contributed by atoms with Crippen LogP contribution in [0.1, 0.15) is 35.7 Å². The van der Waals surface area contributed by atoms with Crippen LogP contribution in [0.4, 0.5) is 0 Å². The summed E-state index contributed by atoms with van der Waals surface area (Å²) in [7, 11) is 1.87. The summed E-state index contributed by atoms with van der Waals surface area (Å²) in [6, 6.07) is 7.97. The van der Waals surface area contributed by atoms with Crippen molar-refractivity contribution in [3.63, 3.8) is 0 Å². The Hall–Kier alpha value is -1.39. The van der Waals surface area contributed by atoms with Crippen LogP contribution in [0.15, 0.2) is 24.3 Å². The normalized spacial score (nSPS) is 16.2. The number of rotatable bonds is 5. The van der Waals surface area contributed by atoms with E-state index in [1.165, 1.54) is 5.56 Å². The number of likely N-dealkylation sites (N-methyl/N-ethyl adjacent to an activating group) is 1. The van der Waals surface area contributed by atoms with Gasteiger partial charge in [-0.2, -0.15) is 0 Å². The molecule has 0 spiro atoms. The summed E-state index contributed by atoms with van der Waals surface area (Å²) in [4.78, 5) is 16.5. The smallest absolute Gasteiger partial charge is 0.253 e. The third kappa shape index (κ3) is 4.55. The second kappa shape index (κ2) is 7.57. The van der Waals surface area contributed by atoms with Crippen molar-refractivity contribution in [1.82, 2.24) is 9.80 Å².